The van der Waals surface area contributed by atoms with Crippen molar-refractivity contribution >= 4 is 5.91 Å². The molecule has 0 spiro atoms. The van der Waals surface area contributed by atoms with Gasteiger partial charge in [0.25, 0.3) is 0 Å². The van der Waals surface area contributed by atoms with Gasteiger partial charge in [-0.15, -0.1) is 0 Å². The van der Waals surface area contributed by atoms with Crippen molar-refractivity contribution in [2.24, 2.45) is 5.41 Å². The second-order valence-electron chi connectivity index (χ2n) is 9.40. The van der Waals surface area contributed by atoms with Crippen LogP contribution in [0.1, 0.15) is 62.0 Å². The van der Waals surface area contributed by atoms with Crippen LogP contribution in [0.2, 0.25) is 0 Å². The Balaban J connectivity index is 1.63. The van der Waals surface area contributed by atoms with Crippen LogP contribution in [0, 0.1) is 28.1 Å². The summed E-state index contributed by atoms with van der Waals surface area (Å²) in [5.41, 5.74) is 0.432. The molecule has 170 valence electrons. The summed E-state index contributed by atoms with van der Waals surface area (Å²) in [4.78, 5) is 22.8. The Morgan fingerprint density at radius 1 is 1.03 bits per heavy atom. The Morgan fingerprint density at radius 3 is 2.27 bits per heavy atom. The van der Waals surface area contributed by atoms with Gasteiger partial charge in [-0.3, -0.25) is 4.79 Å². The molecule has 2 aliphatic carbocycles. The molecule has 4 rings (SSSR count). The number of aromatic nitrogens is 2. The van der Waals surface area contributed by atoms with Gasteiger partial charge in [-0.2, -0.15) is 10.5 Å². The van der Waals surface area contributed by atoms with Crippen molar-refractivity contribution in [2.75, 3.05) is 20.8 Å². The van der Waals surface area contributed by atoms with Crippen LogP contribution in [-0.4, -0.2) is 36.6 Å². The molecule has 33 heavy (non-hydrogen) atoms. The van der Waals surface area contributed by atoms with E-state index in [1.54, 1.807) is 14.2 Å². The third-order valence-corrected chi connectivity index (χ3v) is 8.02. The number of nitrogens with zero attached hydrogens (tertiary/aromatic N) is 4. The van der Waals surface area contributed by atoms with Gasteiger partial charge >= 0.3 is 0 Å². The third-order valence-electron chi connectivity index (χ3n) is 8.02. The topological polar surface area (TPSA) is 121 Å². The summed E-state index contributed by atoms with van der Waals surface area (Å²) in [5, 5.41) is 22.0. The van der Waals surface area contributed by atoms with E-state index in [4.69, 9.17) is 9.47 Å². The van der Waals surface area contributed by atoms with Gasteiger partial charge in [0.15, 0.2) is 22.9 Å². The zero-order chi connectivity index (χ0) is 24.0. The minimum atomic E-state index is -0.902. The van der Waals surface area contributed by atoms with E-state index in [1.165, 1.54) is 0 Å². The summed E-state index contributed by atoms with van der Waals surface area (Å²) >= 11 is 0. The zero-order valence-corrected chi connectivity index (χ0v) is 19.6. The number of amides is 1. The van der Waals surface area contributed by atoms with E-state index in [-0.39, 0.29) is 17.3 Å². The maximum absolute atomic E-state index is 13.7. The maximum Gasteiger partial charge on any atom is 0.232 e. The highest BCUT2D eigenvalue weighted by Crippen LogP contribution is 2.70. The number of hydrogen-bond donors (Lipinski definition) is 1. The molecule has 1 N–H and O–H groups in total. The number of fused-ring (bicyclic) bond motifs is 5. The Bertz CT molecular complexity index is 1230. The highest BCUT2D eigenvalue weighted by atomic mass is 16.5. The van der Waals surface area contributed by atoms with Crippen LogP contribution in [0.25, 0.3) is 0 Å². The Kier molecular flexibility index (Phi) is 5.29. The molecule has 8 nitrogen and oxygen atoms in total. The van der Waals surface area contributed by atoms with Gasteiger partial charge < -0.3 is 14.8 Å². The molecule has 1 heterocycles. The van der Waals surface area contributed by atoms with E-state index >= 15 is 0 Å². The fourth-order valence-electron chi connectivity index (χ4n) is 5.65. The number of carbonyl (C=O) groups excluding carboxylic acids is 1. The Morgan fingerprint density at radius 2 is 1.67 bits per heavy atom. The van der Waals surface area contributed by atoms with Crippen molar-refractivity contribution in [3.05, 3.63) is 46.5 Å². The molecule has 1 aromatic carbocycles. The first kappa shape index (κ1) is 22.5. The molecular formula is C25H27N5O3. The normalized spacial score (nSPS) is 23.8. The second kappa shape index (κ2) is 7.74. The second-order valence-corrected chi connectivity index (χ2v) is 9.40. The van der Waals surface area contributed by atoms with E-state index in [1.807, 2.05) is 30.3 Å². The summed E-state index contributed by atoms with van der Waals surface area (Å²) in [6, 6.07) is 9.64. The fourth-order valence-corrected chi connectivity index (χ4v) is 5.65. The molecule has 2 atom stereocenters. The van der Waals surface area contributed by atoms with Crippen LogP contribution < -0.4 is 14.8 Å². The molecule has 2 aromatic rings. The molecule has 1 fully saturated rings. The van der Waals surface area contributed by atoms with Crippen LogP contribution in [0.15, 0.2) is 18.2 Å². The standard InChI is InChI=1S/C25H27N5O3/c1-23(2)24(3)9-10-25(23,21-20(24)29-16(13-26)17(14-27)30-21)22(31)28-11-8-15-6-7-18(32-4)19(12-15)33-5/h6-7,12H,8-11H2,1-5H3,(H,28,31). The molecule has 1 aromatic heterocycles. The summed E-state index contributed by atoms with van der Waals surface area (Å²) in [7, 11) is 3.18. The van der Waals surface area contributed by atoms with E-state index in [0.29, 0.717) is 42.3 Å². The minimum Gasteiger partial charge on any atom is -0.493 e. The number of benzene rings is 1. The third kappa shape index (κ3) is 2.90. The highest BCUT2D eigenvalue weighted by molar-refractivity contribution is 5.92. The number of carbonyl (C=O) groups is 1. The van der Waals surface area contributed by atoms with E-state index in [2.05, 4.69) is 36.1 Å². The van der Waals surface area contributed by atoms with E-state index in [0.717, 1.165) is 12.0 Å². The zero-order valence-electron chi connectivity index (χ0n) is 19.6. The number of ether oxygens (including phenoxy) is 2. The van der Waals surface area contributed by atoms with Crippen molar-refractivity contribution in [3.8, 4) is 23.6 Å². The average molecular weight is 446 g/mol. The lowest BCUT2D eigenvalue weighted by molar-refractivity contribution is -0.130. The van der Waals surface area contributed by atoms with Crippen molar-refractivity contribution in [1.29, 1.82) is 10.5 Å². The fraction of sp³-hybridized carbons (Fsp3) is 0.480. The first-order chi connectivity index (χ1) is 15.7. The monoisotopic (exact) mass is 445 g/mol. The van der Waals surface area contributed by atoms with Gasteiger partial charge in [-0.25, -0.2) is 9.97 Å². The molecular weight excluding hydrogens is 418 g/mol. The van der Waals surface area contributed by atoms with Crippen LogP contribution in [0.3, 0.4) is 0 Å². The number of methoxy groups -OCH3 is 2. The van der Waals surface area contributed by atoms with Crippen LogP contribution in [-0.2, 0) is 22.0 Å². The molecule has 1 amide bonds. The smallest absolute Gasteiger partial charge is 0.232 e. The lowest BCUT2D eigenvalue weighted by Gasteiger charge is -2.39. The van der Waals surface area contributed by atoms with Gasteiger partial charge in [0, 0.05) is 12.0 Å². The van der Waals surface area contributed by atoms with E-state index in [9.17, 15) is 15.3 Å². The largest absolute Gasteiger partial charge is 0.493 e. The summed E-state index contributed by atoms with van der Waals surface area (Å²) in [6.45, 7) is 6.65. The van der Waals surface area contributed by atoms with Crippen LogP contribution in [0.5, 0.6) is 11.5 Å². The van der Waals surface area contributed by atoms with Crippen molar-refractivity contribution in [2.45, 2.75) is 50.9 Å². The molecule has 0 saturated heterocycles. The van der Waals surface area contributed by atoms with Gasteiger partial charge in [-0.1, -0.05) is 26.8 Å². The molecule has 8 heteroatoms. The molecule has 2 aliphatic rings. The average Bonchev–Trinajstić information content (AvgIpc) is 3.12. The molecule has 0 radical (unpaired) electrons. The SMILES string of the molecule is COc1ccc(CCNC(=O)C23CCC(C)(c4nc(C#N)c(C#N)nc42)C3(C)C)cc1OC. The summed E-state index contributed by atoms with van der Waals surface area (Å²) in [6.07, 6.45) is 2.01. The quantitative estimate of drug-likeness (QED) is 0.725. The van der Waals surface area contributed by atoms with Crippen molar-refractivity contribution < 1.29 is 14.3 Å². The number of nitrogens with one attached hydrogen (secondary N) is 1. The number of hydrogen-bond acceptors (Lipinski definition) is 7. The van der Waals surface area contributed by atoms with Crippen LogP contribution >= 0.6 is 0 Å². The lowest BCUT2D eigenvalue weighted by Crippen LogP contribution is -2.51. The lowest BCUT2D eigenvalue weighted by atomic mass is 9.63. The number of rotatable bonds is 6. The maximum atomic E-state index is 13.7. The predicted octanol–water partition coefficient (Wildman–Crippen LogP) is 2.93. The van der Waals surface area contributed by atoms with Gasteiger partial charge in [0.2, 0.25) is 5.91 Å². The number of nitriles is 2. The minimum absolute atomic E-state index is 0.0184. The van der Waals surface area contributed by atoms with Crippen molar-refractivity contribution in [1.82, 2.24) is 15.3 Å². The van der Waals surface area contributed by atoms with Gasteiger partial charge in [0.1, 0.15) is 12.1 Å². The molecule has 1 saturated carbocycles. The first-order valence-corrected chi connectivity index (χ1v) is 10.9. The molecule has 2 unspecified atom stereocenters. The first-order valence-electron chi connectivity index (χ1n) is 10.9. The van der Waals surface area contributed by atoms with Crippen molar-refractivity contribution in [3.63, 3.8) is 0 Å². The molecule has 0 aliphatic heterocycles. The predicted molar refractivity (Wildman–Crippen MR) is 120 cm³/mol. The summed E-state index contributed by atoms with van der Waals surface area (Å²) in [5.74, 6) is 1.19. The van der Waals surface area contributed by atoms with Gasteiger partial charge in [-0.05, 0) is 42.4 Å². The Hall–Kier alpha value is -3.65. The van der Waals surface area contributed by atoms with E-state index < -0.39 is 16.2 Å². The molecule has 2 bridgehead atoms. The van der Waals surface area contributed by atoms with Crippen LogP contribution in [0.4, 0.5) is 0 Å². The van der Waals surface area contributed by atoms with Gasteiger partial charge in [0.05, 0.1) is 31.0 Å². The summed E-state index contributed by atoms with van der Waals surface area (Å²) < 4.78 is 10.7. The highest BCUT2D eigenvalue weighted by Gasteiger charge is 2.73. The Labute approximate surface area is 193 Å².